The van der Waals surface area contributed by atoms with Gasteiger partial charge in [0.25, 0.3) is 0 Å². The van der Waals surface area contributed by atoms with Crippen molar-refractivity contribution in [2.75, 3.05) is 10.2 Å². The normalized spacial score (nSPS) is 14.3. The molecule has 8 heteroatoms. The highest BCUT2D eigenvalue weighted by atomic mass is 19.1. The lowest BCUT2D eigenvalue weighted by molar-refractivity contribution is -0.127. The summed E-state index contributed by atoms with van der Waals surface area (Å²) in [4.78, 5) is 45.5. The summed E-state index contributed by atoms with van der Waals surface area (Å²) < 4.78 is 13.8. The highest BCUT2D eigenvalue weighted by Crippen LogP contribution is 2.30. The van der Waals surface area contributed by atoms with Crippen LogP contribution in [0.4, 0.5) is 15.9 Å². The molecule has 2 aromatic carbocycles. The molecule has 7 nitrogen and oxygen atoms in total. The number of aromatic nitrogens is 1. The van der Waals surface area contributed by atoms with Crippen molar-refractivity contribution >= 4 is 29.2 Å². The first-order chi connectivity index (χ1) is 18.9. The van der Waals surface area contributed by atoms with Gasteiger partial charge in [0.15, 0.2) is 0 Å². The fourth-order valence-electron chi connectivity index (χ4n) is 4.89. The van der Waals surface area contributed by atoms with Crippen LogP contribution in [0.2, 0.25) is 0 Å². The van der Waals surface area contributed by atoms with Gasteiger partial charge in [-0.15, -0.1) is 0 Å². The van der Waals surface area contributed by atoms with Crippen LogP contribution in [0, 0.1) is 12.7 Å². The van der Waals surface area contributed by atoms with Crippen LogP contribution in [0.5, 0.6) is 0 Å². The van der Waals surface area contributed by atoms with Crippen molar-refractivity contribution in [2.45, 2.75) is 70.4 Å². The van der Waals surface area contributed by atoms with Gasteiger partial charge in [0, 0.05) is 30.8 Å². The quantitative estimate of drug-likeness (QED) is 0.343. The van der Waals surface area contributed by atoms with Crippen molar-refractivity contribution in [3.63, 3.8) is 0 Å². The molecule has 3 amide bonds. The molecule has 1 heterocycles. The van der Waals surface area contributed by atoms with Gasteiger partial charge in [0.05, 0.1) is 0 Å². The monoisotopic (exact) mass is 530 g/mol. The van der Waals surface area contributed by atoms with Crippen molar-refractivity contribution in [2.24, 2.45) is 0 Å². The molecule has 1 saturated carbocycles. The smallest absolute Gasteiger partial charge is 0.248 e. The van der Waals surface area contributed by atoms with Crippen molar-refractivity contribution in [1.82, 2.24) is 10.3 Å². The van der Waals surface area contributed by atoms with Crippen LogP contribution >= 0.6 is 0 Å². The number of aryl methyl sites for hydroxylation is 1. The van der Waals surface area contributed by atoms with Gasteiger partial charge >= 0.3 is 0 Å². The molecular formula is C31H35FN4O3. The Bertz CT molecular complexity index is 1240. The number of carbonyl (C=O) groups excluding carboxylic acids is 3. The van der Waals surface area contributed by atoms with E-state index in [4.69, 9.17) is 0 Å². The van der Waals surface area contributed by atoms with E-state index in [1.165, 1.54) is 29.2 Å². The molecule has 0 aliphatic heterocycles. The van der Waals surface area contributed by atoms with Gasteiger partial charge in [0.2, 0.25) is 17.7 Å². The minimum absolute atomic E-state index is 0.0338. The van der Waals surface area contributed by atoms with Gasteiger partial charge < -0.3 is 10.6 Å². The molecule has 39 heavy (non-hydrogen) atoms. The third-order valence-corrected chi connectivity index (χ3v) is 6.95. The van der Waals surface area contributed by atoms with E-state index in [1.54, 1.807) is 24.4 Å². The van der Waals surface area contributed by atoms with Crippen molar-refractivity contribution in [3.8, 4) is 0 Å². The Kier molecular flexibility index (Phi) is 9.78. The zero-order valence-corrected chi connectivity index (χ0v) is 22.2. The molecule has 1 aliphatic carbocycles. The van der Waals surface area contributed by atoms with E-state index in [0.717, 1.165) is 37.7 Å². The van der Waals surface area contributed by atoms with E-state index in [1.807, 2.05) is 31.2 Å². The van der Waals surface area contributed by atoms with Crippen LogP contribution in [-0.4, -0.2) is 28.7 Å². The van der Waals surface area contributed by atoms with Crippen LogP contribution in [0.3, 0.4) is 0 Å². The Hall–Kier alpha value is -4.07. The lowest BCUT2D eigenvalue weighted by Gasteiger charge is -2.33. The molecule has 1 fully saturated rings. The largest absolute Gasteiger partial charge is 0.351 e. The summed E-state index contributed by atoms with van der Waals surface area (Å²) in [6.07, 6.45) is 7.09. The highest BCUT2D eigenvalue weighted by molar-refractivity contribution is 6.01. The van der Waals surface area contributed by atoms with E-state index in [-0.39, 0.29) is 43.0 Å². The number of benzene rings is 2. The highest BCUT2D eigenvalue weighted by Gasteiger charge is 2.34. The first-order valence-corrected chi connectivity index (χ1v) is 13.6. The molecule has 0 bridgehead atoms. The van der Waals surface area contributed by atoms with Gasteiger partial charge in [-0.3, -0.25) is 19.3 Å². The van der Waals surface area contributed by atoms with E-state index in [0.29, 0.717) is 17.1 Å². The first kappa shape index (κ1) is 28.0. The van der Waals surface area contributed by atoms with Gasteiger partial charge in [-0.1, -0.05) is 55.2 Å². The number of pyridine rings is 1. The fraction of sp³-hybridized carbons (Fsp3) is 0.355. The molecule has 3 aromatic rings. The van der Waals surface area contributed by atoms with E-state index in [2.05, 4.69) is 15.6 Å². The summed E-state index contributed by atoms with van der Waals surface area (Å²) in [6, 6.07) is 17.4. The number of rotatable bonds is 10. The van der Waals surface area contributed by atoms with Crippen LogP contribution < -0.4 is 15.5 Å². The zero-order valence-electron chi connectivity index (χ0n) is 22.2. The maximum Gasteiger partial charge on any atom is 0.248 e. The minimum atomic E-state index is -0.937. The predicted molar refractivity (Wildman–Crippen MR) is 150 cm³/mol. The minimum Gasteiger partial charge on any atom is -0.351 e. The Morgan fingerprint density at radius 2 is 1.67 bits per heavy atom. The summed E-state index contributed by atoms with van der Waals surface area (Å²) >= 11 is 0. The summed E-state index contributed by atoms with van der Waals surface area (Å²) in [6.45, 7) is 1.96. The molecule has 0 radical (unpaired) electrons. The molecule has 0 saturated heterocycles. The molecule has 1 unspecified atom stereocenters. The van der Waals surface area contributed by atoms with Gasteiger partial charge in [-0.05, 0) is 68.1 Å². The van der Waals surface area contributed by atoms with Gasteiger partial charge in [-0.25, -0.2) is 9.37 Å². The second kappa shape index (κ2) is 13.6. The number of nitrogens with one attached hydrogen (secondary N) is 2. The number of carbonyl (C=O) groups is 3. The molecule has 204 valence electrons. The lowest BCUT2D eigenvalue weighted by atomic mass is 9.94. The molecule has 0 spiro atoms. The third-order valence-electron chi connectivity index (χ3n) is 6.95. The third kappa shape index (κ3) is 7.96. The molecule has 4 rings (SSSR count). The first-order valence-electron chi connectivity index (χ1n) is 13.6. The average Bonchev–Trinajstić information content (AvgIpc) is 2.94. The SMILES string of the molecule is Cc1ccc(C(C(=O)NC2CCCCC2)N(C(=O)CCCC(=O)Nc2ccccn2)c2ccc(F)cc2)cc1. The van der Waals surface area contributed by atoms with Crippen molar-refractivity contribution < 1.29 is 18.8 Å². The lowest BCUT2D eigenvalue weighted by Crippen LogP contribution is -2.47. The average molecular weight is 531 g/mol. The van der Waals surface area contributed by atoms with Crippen LogP contribution in [-0.2, 0) is 14.4 Å². The maximum absolute atomic E-state index is 13.8. The number of anilines is 2. The maximum atomic E-state index is 13.8. The molecular weight excluding hydrogens is 495 g/mol. The molecule has 1 atom stereocenters. The summed E-state index contributed by atoms with van der Waals surface area (Å²) in [5.74, 6) is -0.829. The number of amides is 3. The predicted octanol–water partition coefficient (Wildman–Crippen LogP) is 5.86. The number of hydrogen-bond donors (Lipinski definition) is 2. The summed E-state index contributed by atoms with van der Waals surface area (Å²) in [7, 11) is 0. The second-order valence-electron chi connectivity index (χ2n) is 10.0. The van der Waals surface area contributed by atoms with E-state index < -0.39 is 11.9 Å². The van der Waals surface area contributed by atoms with Crippen molar-refractivity contribution in [3.05, 3.63) is 89.9 Å². The van der Waals surface area contributed by atoms with Crippen LogP contribution in [0.1, 0.15) is 68.5 Å². The number of hydrogen-bond acceptors (Lipinski definition) is 4. The van der Waals surface area contributed by atoms with Gasteiger partial charge in [0.1, 0.15) is 17.7 Å². The van der Waals surface area contributed by atoms with Crippen molar-refractivity contribution in [1.29, 1.82) is 0 Å². The van der Waals surface area contributed by atoms with E-state index in [9.17, 15) is 18.8 Å². The molecule has 2 N–H and O–H groups in total. The topological polar surface area (TPSA) is 91.4 Å². The Balaban J connectivity index is 1.56. The standard InChI is InChI=1S/C31H35FN4O3/c1-22-13-15-23(16-14-22)30(31(39)34-25-8-3-2-4-9-25)36(26-19-17-24(32)18-20-26)29(38)12-7-11-28(37)35-27-10-5-6-21-33-27/h5-6,10,13-21,25,30H,2-4,7-9,11-12H2,1H3,(H,34,39)(H,33,35,37). The van der Waals surface area contributed by atoms with E-state index >= 15 is 0 Å². The molecule has 1 aromatic heterocycles. The second-order valence-corrected chi connectivity index (χ2v) is 10.0. The Morgan fingerprint density at radius 1 is 0.949 bits per heavy atom. The summed E-state index contributed by atoms with van der Waals surface area (Å²) in [5, 5.41) is 5.89. The van der Waals surface area contributed by atoms with Crippen LogP contribution in [0.25, 0.3) is 0 Å². The van der Waals surface area contributed by atoms with Gasteiger partial charge in [-0.2, -0.15) is 0 Å². The summed E-state index contributed by atoms with van der Waals surface area (Å²) in [5.41, 5.74) is 2.12. The zero-order chi connectivity index (χ0) is 27.6. The molecule has 1 aliphatic rings. The Labute approximate surface area is 228 Å². The number of nitrogens with zero attached hydrogens (tertiary/aromatic N) is 2. The number of halogens is 1. The van der Waals surface area contributed by atoms with Crippen LogP contribution in [0.15, 0.2) is 72.9 Å². The fourth-order valence-corrected chi connectivity index (χ4v) is 4.89. The Morgan fingerprint density at radius 3 is 2.33 bits per heavy atom.